The van der Waals surface area contributed by atoms with Gasteiger partial charge in [0.15, 0.2) is 11.9 Å². The van der Waals surface area contributed by atoms with Gasteiger partial charge in [0.25, 0.3) is 0 Å². The lowest BCUT2D eigenvalue weighted by molar-refractivity contribution is -0.0394. The number of hydrogen-bond donors (Lipinski definition) is 1. The van der Waals surface area contributed by atoms with Crippen molar-refractivity contribution < 1.29 is 19.1 Å². The van der Waals surface area contributed by atoms with Crippen LogP contribution in [-0.2, 0) is 4.84 Å². The lowest BCUT2D eigenvalue weighted by atomic mass is 9.94. The molecule has 0 aliphatic carbocycles. The second-order valence-electron chi connectivity index (χ2n) is 9.07. The van der Waals surface area contributed by atoms with Gasteiger partial charge in [-0.2, -0.15) is 0 Å². The van der Waals surface area contributed by atoms with Crippen LogP contribution in [-0.4, -0.2) is 51.7 Å². The van der Waals surface area contributed by atoms with Crippen LogP contribution in [0.1, 0.15) is 41.3 Å². The maximum absolute atomic E-state index is 14.1. The Morgan fingerprint density at radius 3 is 2.80 bits per heavy atom. The zero-order valence-corrected chi connectivity index (χ0v) is 20.1. The van der Waals surface area contributed by atoms with Crippen LogP contribution in [0.4, 0.5) is 4.39 Å². The van der Waals surface area contributed by atoms with Crippen LogP contribution in [0.15, 0.2) is 59.7 Å². The molecule has 0 saturated carbocycles. The van der Waals surface area contributed by atoms with Crippen molar-refractivity contribution in [2.75, 3.05) is 20.3 Å². The molecule has 3 aromatic rings. The van der Waals surface area contributed by atoms with E-state index in [9.17, 15) is 9.50 Å². The molecule has 0 radical (unpaired) electrons. The number of aliphatic hydroxyl groups is 1. The molecule has 1 unspecified atom stereocenters. The summed E-state index contributed by atoms with van der Waals surface area (Å²) in [7, 11) is 1.65. The van der Waals surface area contributed by atoms with Gasteiger partial charge < -0.3 is 24.1 Å². The molecule has 2 aliphatic heterocycles. The van der Waals surface area contributed by atoms with Crippen molar-refractivity contribution in [1.29, 1.82) is 0 Å². The summed E-state index contributed by atoms with van der Waals surface area (Å²) in [5.74, 6) is 1.13. The molecule has 2 atom stereocenters. The van der Waals surface area contributed by atoms with Gasteiger partial charge in [0.1, 0.15) is 11.6 Å². The maximum atomic E-state index is 14.1. The number of oxime groups is 1. The molecule has 3 heterocycles. The van der Waals surface area contributed by atoms with E-state index in [1.807, 2.05) is 48.9 Å². The van der Waals surface area contributed by atoms with E-state index in [4.69, 9.17) is 9.57 Å². The molecule has 35 heavy (non-hydrogen) atoms. The molecule has 0 bridgehead atoms. The van der Waals surface area contributed by atoms with Gasteiger partial charge in [0.05, 0.1) is 37.5 Å². The summed E-state index contributed by atoms with van der Waals surface area (Å²) >= 11 is 0. The number of aromatic nitrogens is 2. The van der Waals surface area contributed by atoms with Crippen LogP contribution < -0.4 is 4.74 Å². The topological polar surface area (TPSA) is 72.1 Å². The molecular weight excluding hydrogens is 447 g/mol. The summed E-state index contributed by atoms with van der Waals surface area (Å²) in [6.07, 6.45) is 7.01. The highest BCUT2D eigenvalue weighted by atomic mass is 19.1. The number of fused-ring (bicyclic) bond motifs is 1. The van der Waals surface area contributed by atoms with E-state index in [-0.39, 0.29) is 18.5 Å². The Balaban J connectivity index is 1.47. The van der Waals surface area contributed by atoms with E-state index in [1.54, 1.807) is 13.4 Å². The number of imidazole rings is 1. The number of benzene rings is 2. The number of nitrogens with zero attached hydrogens (tertiary/aromatic N) is 4. The van der Waals surface area contributed by atoms with Gasteiger partial charge in [0.2, 0.25) is 0 Å². The Morgan fingerprint density at radius 2 is 2.09 bits per heavy atom. The van der Waals surface area contributed by atoms with Crippen molar-refractivity contribution in [3.05, 3.63) is 82.7 Å². The highest BCUT2D eigenvalue weighted by molar-refractivity contribution is 6.03. The minimum Gasteiger partial charge on any atom is -0.495 e. The lowest BCUT2D eigenvalue weighted by Crippen LogP contribution is -2.52. The highest BCUT2D eigenvalue weighted by Crippen LogP contribution is 2.35. The van der Waals surface area contributed by atoms with Gasteiger partial charge >= 0.3 is 0 Å². The van der Waals surface area contributed by atoms with Gasteiger partial charge in [0, 0.05) is 18.3 Å². The number of piperidine rings is 1. The van der Waals surface area contributed by atoms with E-state index in [0.29, 0.717) is 11.4 Å². The van der Waals surface area contributed by atoms with Crippen molar-refractivity contribution >= 4 is 11.9 Å². The molecule has 0 amide bonds. The molecular formula is C27H29FN4O3. The van der Waals surface area contributed by atoms with Crippen molar-refractivity contribution in [2.24, 2.45) is 5.16 Å². The van der Waals surface area contributed by atoms with Crippen molar-refractivity contribution in [3.63, 3.8) is 0 Å². The third-order valence-corrected chi connectivity index (χ3v) is 6.52. The van der Waals surface area contributed by atoms with Crippen molar-refractivity contribution in [1.82, 2.24) is 14.5 Å². The predicted octanol–water partition coefficient (Wildman–Crippen LogP) is 4.56. The SMILES string of the molecule is COc1cc(/C=C2\CCCN3C2=NOC(c2cc(C)cc(F)c2)[C@@H]3CO)ccc1-n1cnc(C)c1. The Kier molecular flexibility index (Phi) is 6.30. The summed E-state index contributed by atoms with van der Waals surface area (Å²) in [6.45, 7) is 4.41. The summed E-state index contributed by atoms with van der Waals surface area (Å²) in [5, 5.41) is 14.7. The molecule has 1 saturated heterocycles. The van der Waals surface area contributed by atoms with E-state index in [1.165, 1.54) is 12.1 Å². The molecule has 1 N–H and O–H groups in total. The van der Waals surface area contributed by atoms with Crippen molar-refractivity contribution in [3.8, 4) is 11.4 Å². The zero-order valence-electron chi connectivity index (χ0n) is 20.1. The Morgan fingerprint density at radius 1 is 1.23 bits per heavy atom. The molecule has 7 nitrogen and oxygen atoms in total. The third-order valence-electron chi connectivity index (χ3n) is 6.52. The Bertz CT molecular complexity index is 1280. The number of aliphatic hydroxyl groups excluding tert-OH is 1. The highest BCUT2D eigenvalue weighted by Gasteiger charge is 2.39. The Labute approximate surface area is 204 Å². The standard InChI is InChI=1S/C27H29FN4O3/c1-17-9-21(13-22(28)10-17)26-24(15-33)32-8-4-5-20(27(32)30-35-26)11-19-6-7-23(25(12-19)34-3)31-14-18(2)29-16-31/h6-7,9-14,16,24,26,33H,4-5,8,15H2,1-3H3/b20-11+/t24-,26?/m0/s1. The van der Waals surface area contributed by atoms with E-state index in [0.717, 1.165) is 53.2 Å². The summed E-state index contributed by atoms with van der Waals surface area (Å²) in [6, 6.07) is 10.5. The van der Waals surface area contributed by atoms with E-state index in [2.05, 4.69) is 21.1 Å². The number of ether oxygens (including phenoxy) is 1. The first kappa shape index (κ1) is 23.1. The number of halogens is 1. The first-order valence-corrected chi connectivity index (χ1v) is 11.7. The van der Waals surface area contributed by atoms with Crippen LogP contribution in [0.3, 0.4) is 0 Å². The molecule has 0 spiro atoms. The molecule has 5 rings (SSSR count). The number of aryl methyl sites for hydroxylation is 2. The van der Waals surface area contributed by atoms with Crippen LogP contribution in [0.2, 0.25) is 0 Å². The van der Waals surface area contributed by atoms with Crippen LogP contribution in [0.25, 0.3) is 11.8 Å². The molecule has 2 aromatic carbocycles. The maximum Gasteiger partial charge on any atom is 0.175 e. The Hall–Kier alpha value is -3.65. The first-order valence-electron chi connectivity index (χ1n) is 11.7. The summed E-state index contributed by atoms with van der Waals surface area (Å²) in [5.41, 5.74) is 5.32. The van der Waals surface area contributed by atoms with Gasteiger partial charge in [-0.15, -0.1) is 0 Å². The average molecular weight is 477 g/mol. The smallest absolute Gasteiger partial charge is 0.175 e. The first-order chi connectivity index (χ1) is 17.0. The zero-order chi connectivity index (χ0) is 24.5. The molecule has 182 valence electrons. The second kappa shape index (κ2) is 9.54. The molecule has 1 aromatic heterocycles. The monoisotopic (exact) mass is 476 g/mol. The fourth-order valence-corrected chi connectivity index (χ4v) is 4.91. The van der Waals surface area contributed by atoms with Crippen molar-refractivity contribution in [2.45, 2.75) is 38.8 Å². The lowest BCUT2D eigenvalue weighted by Gasteiger charge is -2.43. The van der Waals surface area contributed by atoms with Crippen LogP contribution >= 0.6 is 0 Å². The fourth-order valence-electron chi connectivity index (χ4n) is 4.91. The van der Waals surface area contributed by atoms with Crippen LogP contribution in [0, 0.1) is 19.7 Å². The number of rotatable bonds is 5. The summed E-state index contributed by atoms with van der Waals surface area (Å²) < 4.78 is 21.7. The third kappa shape index (κ3) is 4.53. The normalized spacial score (nSPS) is 20.9. The summed E-state index contributed by atoms with van der Waals surface area (Å²) in [4.78, 5) is 12.3. The van der Waals surface area contributed by atoms with Gasteiger partial charge in [-0.3, -0.25) is 0 Å². The van der Waals surface area contributed by atoms with Gasteiger partial charge in [-0.25, -0.2) is 9.37 Å². The molecule has 2 aliphatic rings. The van der Waals surface area contributed by atoms with Gasteiger partial charge in [-0.1, -0.05) is 17.3 Å². The van der Waals surface area contributed by atoms with Crippen LogP contribution in [0.5, 0.6) is 5.75 Å². The number of amidine groups is 1. The minimum atomic E-state index is -0.546. The fraction of sp³-hybridized carbons (Fsp3) is 0.333. The second-order valence-corrected chi connectivity index (χ2v) is 9.07. The number of methoxy groups -OCH3 is 1. The quantitative estimate of drug-likeness (QED) is 0.585. The van der Waals surface area contributed by atoms with E-state index >= 15 is 0 Å². The minimum absolute atomic E-state index is 0.126. The number of hydrogen-bond acceptors (Lipinski definition) is 6. The van der Waals surface area contributed by atoms with Gasteiger partial charge in [-0.05, 0) is 73.7 Å². The molecule has 8 heteroatoms. The average Bonchev–Trinajstić information content (AvgIpc) is 3.28. The van der Waals surface area contributed by atoms with E-state index < -0.39 is 6.10 Å². The predicted molar refractivity (Wildman–Crippen MR) is 132 cm³/mol. The molecule has 1 fully saturated rings. The largest absolute Gasteiger partial charge is 0.495 e.